The van der Waals surface area contributed by atoms with E-state index in [1.54, 1.807) is 6.08 Å². The molecule has 21 heavy (non-hydrogen) atoms. The molecular weight excluding hydrogens is 340 g/mol. The maximum absolute atomic E-state index is 12.5. The third-order valence-electron chi connectivity index (χ3n) is 3.43. The van der Waals surface area contributed by atoms with Crippen molar-refractivity contribution < 1.29 is 19.1 Å². The fourth-order valence-electron chi connectivity index (χ4n) is 2.41. The van der Waals surface area contributed by atoms with Gasteiger partial charge in [-0.2, -0.15) is 0 Å². The first-order chi connectivity index (χ1) is 9.99. The number of allylic oxidation sites excluding steroid dienone is 2. The molecule has 1 N–H and O–H groups in total. The maximum atomic E-state index is 12.5. The standard InChI is InChI=1S/C14H15BrN2O4/c1-3-10(15)8-6-17(14(20)9(8)7-21-2)11-4-5-12(18)16-13(11)19/h3,7,11H,1,4-6H2,2H3,(H,16,18,19)/b9-7-,10-8+. The summed E-state index contributed by atoms with van der Waals surface area (Å²) in [5.41, 5.74) is 1.09. The molecule has 2 fully saturated rings. The van der Waals surface area contributed by atoms with Gasteiger partial charge in [0.25, 0.3) is 5.91 Å². The first-order valence-electron chi connectivity index (χ1n) is 6.38. The van der Waals surface area contributed by atoms with Crippen molar-refractivity contribution in [1.29, 1.82) is 0 Å². The lowest BCUT2D eigenvalue weighted by Gasteiger charge is -2.28. The lowest BCUT2D eigenvalue weighted by Crippen LogP contribution is -2.52. The minimum Gasteiger partial charge on any atom is -0.504 e. The summed E-state index contributed by atoms with van der Waals surface area (Å²) in [7, 11) is 1.45. The molecule has 0 aromatic carbocycles. The molecule has 1 unspecified atom stereocenters. The van der Waals surface area contributed by atoms with E-state index in [2.05, 4.69) is 27.8 Å². The van der Waals surface area contributed by atoms with E-state index in [0.717, 1.165) is 0 Å². The van der Waals surface area contributed by atoms with Crippen molar-refractivity contribution in [3.8, 4) is 0 Å². The fraction of sp³-hybridized carbons (Fsp3) is 0.357. The van der Waals surface area contributed by atoms with Crippen LogP contribution in [0.3, 0.4) is 0 Å². The van der Waals surface area contributed by atoms with Crippen molar-refractivity contribution in [3.05, 3.63) is 34.5 Å². The van der Waals surface area contributed by atoms with Crippen LogP contribution in [0.1, 0.15) is 12.8 Å². The van der Waals surface area contributed by atoms with Gasteiger partial charge >= 0.3 is 0 Å². The fourth-order valence-corrected chi connectivity index (χ4v) is 2.75. The van der Waals surface area contributed by atoms with E-state index in [9.17, 15) is 14.4 Å². The van der Waals surface area contributed by atoms with E-state index in [1.807, 2.05) is 0 Å². The highest BCUT2D eigenvalue weighted by Crippen LogP contribution is 2.32. The Morgan fingerprint density at radius 3 is 2.76 bits per heavy atom. The number of carbonyl (C=O) groups excluding carboxylic acids is 3. The summed E-state index contributed by atoms with van der Waals surface area (Å²) in [6, 6.07) is -0.641. The second kappa shape index (κ2) is 6.26. The minimum absolute atomic E-state index is 0.227. The van der Waals surface area contributed by atoms with Crippen molar-refractivity contribution in [2.45, 2.75) is 18.9 Å². The smallest absolute Gasteiger partial charge is 0.258 e. The number of hydrogen-bond donors (Lipinski definition) is 1. The number of likely N-dealkylation sites (tertiary alicyclic amines) is 1. The molecule has 7 heteroatoms. The van der Waals surface area contributed by atoms with E-state index in [0.29, 0.717) is 22.0 Å². The van der Waals surface area contributed by atoms with Gasteiger partial charge in [0.05, 0.1) is 18.9 Å². The highest BCUT2D eigenvalue weighted by atomic mass is 79.9. The molecule has 2 aliphatic rings. The van der Waals surface area contributed by atoms with Crippen molar-refractivity contribution >= 4 is 33.7 Å². The number of piperidine rings is 1. The number of halogens is 1. The van der Waals surface area contributed by atoms with Crippen LogP contribution in [-0.2, 0) is 19.1 Å². The van der Waals surface area contributed by atoms with Gasteiger partial charge in [-0.1, -0.05) is 28.6 Å². The molecule has 2 heterocycles. The number of amides is 3. The molecule has 0 aromatic rings. The Morgan fingerprint density at radius 1 is 1.48 bits per heavy atom. The average molecular weight is 355 g/mol. The van der Waals surface area contributed by atoms with Crippen LogP contribution in [0.25, 0.3) is 0 Å². The number of carbonyl (C=O) groups is 3. The SMILES string of the molecule is C=C/C(Br)=C1/CN(C2CCC(=O)NC2=O)C(=O)/C1=C\OC. The molecule has 0 bridgehead atoms. The van der Waals surface area contributed by atoms with Gasteiger partial charge in [-0.05, 0) is 6.42 Å². The summed E-state index contributed by atoms with van der Waals surface area (Å²) in [6.45, 7) is 3.93. The number of nitrogens with one attached hydrogen (secondary N) is 1. The summed E-state index contributed by atoms with van der Waals surface area (Å²) < 4.78 is 5.62. The molecule has 3 amide bonds. The second-order valence-corrected chi connectivity index (χ2v) is 5.55. The molecule has 112 valence electrons. The monoisotopic (exact) mass is 354 g/mol. The molecule has 2 aliphatic heterocycles. The van der Waals surface area contributed by atoms with Crippen molar-refractivity contribution in [3.63, 3.8) is 0 Å². The predicted molar refractivity (Wildman–Crippen MR) is 79.1 cm³/mol. The average Bonchev–Trinajstić information content (AvgIpc) is 2.76. The Bertz CT molecular complexity index is 580. The van der Waals surface area contributed by atoms with Gasteiger partial charge in [-0.3, -0.25) is 19.7 Å². The summed E-state index contributed by atoms with van der Waals surface area (Å²) >= 11 is 3.35. The first-order valence-corrected chi connectivity index (χ1v) is 7.18. The Balaban J connectivity index is 2.33. The zero-order chi connectivity index (χ0) is 15.6. The van der Waals surface area contributed by atoms with E-state index in [1.165, 1.54) is 18.3 Å². The van der Waals surface area contributed by atoms with Crippen LogP contribution in [0, 0.1) is 0 Å². The third-order valence-corrected chi connectivity index (χ3v) is 4.24. The number of imide groups is 1. The molecule has 0 spiro atoms. The number of nitrogens with zero attached hydrogens (tertiary/aromatic N) is 1. The lowest BCUT2D eigenvalue weighted by molar-refractivity contribution is -0.142. The van der Waals surface area contributed by atoms with E-state index >= 15 is 0 Å². The minimum atomic E-state index is -0.641. The molecule has 2 rings (SSSR count). The van der Waals surface area contributed by atoms with Crippen LogP contribution >= 0.6 is 15.9 Å². The van der Waals surface area contributed by atoms with Crippen LogP contribution in [0.4, 0.5) is 0 Å². The largest absolute Gasteiger partial charge is 0.504 e. The quantitative estimate of drug-likeness (QED) is 0.466. The molecule has 2 saturated heterocycles. The highest BCUT2D eigenvalue weighted by molar-refractivity contribution is 9.11. The Kier molecular flexibility index (Phi) is 4.62. The maximum Gasteiger partial charge on any atom is 0.258 e. The zero-order valence-electron chi connectivity index (χ0n) is 11.5. The molecule has 0 saturated carbocycles. The molecule has 1 atom stereocenters. The van der Waals surface area contributed by atoms with Crippen LogP contribution in [0.5, 0.6) is 0 Å². The van der Waals surface area contributed by atoms with Gasteiger partial charge in [0, 0.05) is 23.0 Å². The van der Waals surface area contributed by atoms with E-state index in [-0.39, 0.29) is 24.8 Å². The molecule has 0 radical (unpaired) electrons. The van der Waals surface area contributed by atoms with Gasteiger partial charge in [-0.15, -0.1) is 0 Å². The topological polar surface area (TPSA) is 75.7 Å². The highest BCUT2D eigenvalue weighted by Gasteiger charge is 2.41. The molecular formula is C14H15BrN2O4. The Labute approximate surface area is 130 Å². The number of methoxy groups -OCH3 is 1. The van der Waals surface area contributed by atoms with Gasteiger partial charge in [-0.25, -0.2) is 0 Å². The van der Waals surface area contributed by atoms with Gasteiger partial charge < -0.3 is 9.64 Å². The van der Waals surface area contributed by atoms with Crippen LogP contribution in [0.2, 0.25) is 0 Å². The summed E-state index contributed by atoms with van der Waals surface area (Å²) in [4.78, 5) is 37.1. The van der Waals surface area contributed by atoms with Crippen molar-refractivity contribution in [2.24, 2.45) is 0 Å². The lowest BCUT2D eigenvalue weighted by atomic mass is 10.0. The second-order valence-electron chi connectivity index (χ2n) is 4.70. The predicted octanol–water partition coefficient (Wildman–Crippen LogP) is 0.999. The van der Waals surface area contributed by atoms with E-state index in [4.69, 9.17) is 4.74 Å². The van der Waals surface area contributed by atoms with Gasteiger partial charge in [0.1, 0.15) is 6.04 Å². The third kappa shape index (κ3) is 2.92. The summed E-state index contributed by atoms with van der Waals surface area (Å²) in [6.07, 6.45) is 3.50. The van der Waals surface area contributed by atoms with Crippen LogP contribution in [-0.4, -0.2) is 42.3 Å². The number of hydrogen-bond acceptors (Lipinski definition) is 4. The van der Waals surface area contributed by atoms with Crippen molar-refractivity contribution in [2.75, 3.05) is 13.7 Å². The van der Waals surface area contributed by atoms with Gasteiger partial charge in [0.15, 0.2) is 0 Å². The molecule has 0 aliphatic carbocycles. The molecule has 6 nitrogen and oxygen atoms in total. The first kappa shape index (κ1) is 15.5. The number of rotatable bonds is 3. The zero-order valence-corrected chi connectivity index (χ0v) is 13.1. The Morgan fingerprint density at radius 2 is 2.19 bits per heavy atom. The van der Waals surface area contributed by atoms with Gasteiger partial charge in [0.2, 0.25) is 11.8 Å². The van der Waals surface area contributed by atoms with Crippen LogP contribution < -0.4 is 5.32 Å². The summed E-state index contributed by atoms with van der Waals surface area (Å²) in [5.74, 6) is -1.04. The van der Waals surface area contributed by atoms with Crippen LogP contribution in [0.15, 0.2) is 34.5 Å². The Hall–Kier alpha value is -1.89. The number of ether oxygens (including phenoxy) is 1. The summed E-state index contributed by atoms with van der Waals surface area (Å²) in [5, 5.41) is 2.26. The van der Waals surface area contributed by atoms with E-state index < -0.39 is 11.9 Å². The van der Waals surface area contributed by atoms with Crippen molar-refractivity contribution in [1.82, 2.24) is 10.2 Å². The molecule has 0 aromatic heterocycles. The normalized spacial score (nSPS) is 27.0.